The number of anilines is 2. The molecule has 0 bridgehead atoms. The highest BCUT2D eigenvalue weighted by Gasteiger charge is 2.27. The zero-order chi connectivity index (χ0) is 17.0. The van der Waals surface area contributed by atoms with Crippen LogP contribution in [0.25, 0.3) is 0 Å². The van der Waals surface area contributed by atoms with E-state index in [-0.39, 0.29) is 19.3 Å². The molecule has 8 nitrogen and oxygen atoms in total. The topological polar surface area (TPSA) is 108 Å². The van der Waals surface area contributed by atoms with Crippen molar-refractivity contribution in [2.45, 2.75) is 12.5 Å². The lowest BCUT2D eigenvalue weighted by atomic mass is 10.2. The van der Waals surface area contributed by atoms with Crippen molar-refractivity contribution in [1.82, 2.24) is 9.03 Å². The third-order valence-electron chi connectivity index (χ3n) is 3.70. The minimum atomic E-state index is -3.43. The number of hydrogen-bond acceptors (Lipinski definition) is 6. The van der Waals surface area contributed by atoms with Crippen molar-refractivity contribution >= 4 is 21.6 Å². The Balaban J connectivity index is 2.04. The van der Waals surface area contributed by atoms with Gasteiger partial charge in [0.15, 0.2) is 0 Å². The normalized spacial score (nSPS) is 18.6. The molecular formula is C14H24N4O4S. The Morgan fingerprint density at radius 2 is 2.22 bits per heavy atom. The van der Waals surface area contributed by atoms with Crippen molar-refractivity contribution in [2.24, 2.45) is 0 Å². The maximum atomic E-state index is 11.9. The lowest BCUT2D eigenvalue weighted by Crippen LogP contribution is -2.43. The molecule has 130 valence electrons. The Hall–Kier alpha value is -1.55. The average molecular weight is 344 g/mol. The highest BCUT2D eigenvalue weighted by molar-refractivity contribution is 7.87. The van der Waals surface area contributed by atoms with E-state index in [0.717, 1.165) is 18.7 Å². The van der Waals surface area contributed by atoms with E-state index < -0.39 is 10.2 Å². The molecule has 1 fully saturated rings. The second-order valence-electron chi connectivity index (χ2n) is 5.63. The van der Waals surface area contributed by atoms with Gasteiger partial charge in [-0.15, -0.1) is 0 Å². The molecule has 0 saturated carbocycles. The van der Waals surface area contributed by atoms with Crippen molar-refractivity contribution in [3.8, 4) is 5.75 Å². The molecule has 1 saturated heterocycles. The van der Waals surface area contributed by atoms with Crippen LogP contribution in [0.5, 0.6) is 5.75 Å². The summed E-state index contributed by atoms with van der Waals surface area (Å²) >= 11 is 0. The van der Waals surface area contributed by atoms with Gasteiger partial charge in [-0.3, -0.25) is 0 Å². The van der Waals surface area contributed by atoms with Crippen LogP contribution in [0.4, 0.5) is 11.4 Å². The number of aliphatic hydroxyl groups is 1. The maximum absolute atomic E-state index is 11.9. The molecule has 4 N–H and O–H groups in total. The van der Waals surface area contributed by atoms with Crippen LogP contribution < -0.4 is 20.1 Å². The molecule has 23 heavy (non-hydrogen) atoms. The van der Waals surface area contributed by atoms with E-state index in [9.17, 15) is 8.42 Å². The largest absolute Gasteiger partial charge is 0.489 e. The van der Waals surface area contributed by atoms with Crippen molar-refractivity contribution in [1.29, 1.82) is 0 Å². The van der Waals surface area contributed by atoms with Crippen molar-refractivity contribution in [2.75, 3.05) is 51.0 Å². The summed E-state index contributed by atoms with van der Waals surface area (Å²) in [6, 6.07) is 5.30. The van der Waals surface area contributed by atoms with Gasteiger partial charge in [0.05, 0.1) is 12.3 Å². The van der Waals surface area contributed by atoms with E-state index in [1.54, 1.807) is 6.07 Å². The van der Waals surface area contributed by atoms with Crippen LogP contribution in [0.3, 0.4) is 0 Å². The zero-order valence-corrected chi connectivity index (χ0v) is 14.2. The van der Waals surface area contributed by atoms with Gasteiger partial charge in [-0.05, 0) is 18.6 Å². The number of benzene rings is 1. The quantitative estimate of drug-likeness (QED) is 0.582. The van der Waals surface area contributed by atoms with Crippen molar-refractivity contribution in [3.05, 3.63) is 18.2 Å². The molecule has 9 heteroatoms. The lowest BCUT2D eigenvalue weighted by molar-refractivity contribution is 0.202. The van der Waals surface area contributed by atoms with E-state index in [1.807, 2.05) is 12.1 Å². The first-order chi connectivity index (χ1) is 10.8. The summed E-state index contributed by atoms with van der Waals surface area (Å²) < 4.78 is 33.0. The Labute approximate surface area is 137 Å². The number of ether oxygens (including phenoxy) is 1. The van der Waals surface area contributed by atoms with Gasteiger partial charge in [-0.2, -0.15) is 17.4 Å². The molecule has 1 unspecified atom stereocenters. The number of nitrogens with two attached hydrogens (primary N) is 1. The second kappa shape index (κ2) is 7.35. The van der Waals surface area contributed by atoms with Crippen LogP contribution in [0.1, 0.15) is 6.42 Å². The zero-order valence-electron chi connectivity index (χ0n) is 13.4. The smallest absolute Gasteiger partial charge is 0.279 e. The van der Waals surface area contributed by atoms with Gasteiger partial charge in [0.1, 0.15) is 12.4 Å². The molecule has 0 aliphatic carbocycles. The summed E-state index contributed by atoms with van der Waals surface area (Å²) in [6.45, 7) is 1.42. The standard InChI is InChI=1S/C14H24N4O4S/c1-17(2)23(20,21)16-11-5-6-18(10-11)12-3-4-13(15)14(9-12)22-8-7-19/h3-4,9,11,16,19H,5-8,10,15H2,1-2H3. The molecule has 0 radical (unpaired) electrons. The molecule has 1 aromatic carbocycles. The highest BCUT2D eigenvalue weighted by Crippen LogP contribution is 2.29. The first kappa shape index (κ1) is 17.8. The summed E-state index contributed by atoms with van der Waals surface area (Å²) in [5, 5.41) is 8.84. The van der Waals surface area contributed by atoms with E-state index in [2.05, 4.69) is 9.62 Å². The van der Waals surface area contributed by atoms with Crippen LogP contribution in [0.15, 0.2) is 18.2 Å². The number of nitrogens with zero attached hydrogens (tertiary/aromatic N) is 2. The van der Waals surface area contributed by atoms with E-state index in [1.165, 1.54) is 18.4 Å². The maximum Gasteiger partial charge on any atom is 0.279 e. The predicted molar refractivity (Wildman–Crippen MR) is 89.8 cm³/mol. The summed E-state index contributed by atoms with van der Waals surface area (Å²) in [5.41, 5.74) is 7.27. The Morgan fingerprint density at radius 1 is 1.48 bits per heavy atom. The van der Waals surface area contributed by atoms with Gasteiger partial charge < -0.3 is 20.5 Å². The summed E-state index contributed by atoms with van der Waals surface area (Å²) in [6.07, 6.45) is 0.726. The van der Waals surface area contributed by atoms with Crippen LogP contribution >= 0.6 is 0 Å². The molecule has 0 spiro atoms. The Morgan fingerprint density at radius 3 is 2.87 bits per heavy atom. The number of hydrogen-bond donors (Lipinski definition) is 3. The number of nitrogen functional groups attached to an aromatic ring is 1. The van der Waals surface area contributed by atoms with Gasteiger partial charge >= 0.3 is 0 Å². The Kier molecular flexibility index (Phi) is 5.69. The molecule has 0 amide bonds. The molecule has 1 aliphatic heterocycles. The second-order valence-corrected chi connectivity index (χ2v) is 7.55. The summed E-state index contributed by atoms with van der Waals surface area (Å²) in [7, 11) is -0.430. The molecular weight excluding hydrogens is 320 g/mol. The molecule has 1 aromatic rings. The first-order valence-electron chi connectivity index (χ1n) is 7.41. The van der Waals surface area contributed by atoms with Gasteiger partial charge in [0, 0.05) is 45.0 Å². The molecule has 1 heterocycles. The predicted octanol–water partition coefficient (Wildman–Crippen LogP) is -0.385. The molecule has 2 rings (SSSR count). The third-order valence-corrected chi connectivity index (χ3v) is 5.29. The SMILES string of the molecule is CN(C)S(=O)(=O)NC1CCN(c2ccc(N)c(OCCO)c2)C1. The fraction of sp³-hybridized carbons (Fsp3) is 0.571. The molecule has 1 atom stereocenters. The monoisotopic (exact) mass is 344 g/mol. The van der Waals surface area contributed by atoms with Gasteiger partial charge in [0.2, 0.25) is 0 Å². The molecule has 1 aliphatic rings. The van der Waals surface area contributed by atoms with Crippen LogP contribution in [0.2, 0.25) is 0 Å². The lowest BCUT2D eigenvalue weighted by Gasteiger charge is -2.21. The van der Waals surface area contributed by atoms with E-state index in [0.29, 0.717) is 18.0 Å². The Bertz CT molecular complexity index is 636. The first-order valence-corrected chi connectivity index (χ1v) is 8.85. The number of nitrogens with one attached hydrogen (secondary N) is 1. The van der Waals surface area contributed by atoms with Crippen LogP contribution in [-0.4, -0.2) is 64.3 Å². The number of rotatable bonds is 7. The van der Waals surface area contributed by atoms with Gasteiger partial charge in [0.25, 0.3) is 10.2 Å². The molecule has 0 aromatic heterocycles. The van der Waals surface area contributed by atoms with Gasteiger partial charge in [-0.25, -0.2) is 0 Å². The minimum Gasteiger partial charge on any atom is -0.489 e. The van der Waals surface area contributed by atoms with Crippen LogP contribution in [0, 0.1) is 0 Å². The summed E-state index contributed by atoms with van der Waals surface area (Å²) in [5.74, 6) is 0.522. The highest BCUT2D eigenvalue weighted by atomic mass is 32.2. The third kappa shape index (κ3) is 4.47. The van der Waals surface area contributed by atoms with Crippen LogP contribution in [-0.2, 0) is 10.2 Å². The number of aliphatic hydroxyl groups excluding tert-OH is 1. The average Bonchev–Trinajstić information content (AvgIpc) is 2.94. The van der Waals surface area contributed by atoms with E-state index >= 15 is 0 Å². The minimum absolute atomic E-state index is 0.0816. The fourth-order valence-electron chi connectivity index (χ4n) is 2.41. The van der Waals surface area contributed by atoms with Crippen molar-refractivity contribution in [3.63, 3.8) is 0 Å². The van der Waals surface area contributed by atoms with E-state index in [4.69, 9.17) is 15.6 Å². The summed E-state index contributed by atoms with van der Waals surface area (Å²) in [4.78, 5) is 2.08. The fourth-order valence-corrected chi connectivity index (χ4v) is 3.23. The van der Waals surface area contributed by atoms with Crippen molar-refractivity contribution < 1.29 is 18.3 Å². The van der Waals surface area contributed by atoms with Gasteiger partial charge in [-0.1, -0.05) is 0 Å².